The lowest BCUT2D eigenvalue weighted by Gasteiger charge is -2.11. The second-order valence-corrected chi connectivity index (χ2v) is 5.21. The summed E-state index contributed by atoms with van der Waals surface area (Å²) < 4.78 is 1.02. The molecule has 0 aliphatic rings. The Morgan fingerprint density at radius 2 is 2.11 bits per heavy atom. The molecule has 0 spiro atoms. The summed E-state index contributed by atoms with van der Waals surface area (Å²) in [7, 11) is 0. The fraction of sp³-hybridized carbons (Fsp3) is 0.286. The summed E-state index contributed by atoms with van der Waals surface area (Å²) in [5, 5.41) is 8.25. The zero-order valence-corrected chi connectivity index (χ0v) is 12.5. The zero-order chi connectivity index (χ0) is 13.8. The first-order chi connectivity index (χ1) is 9.09. The molecule has 0 fully saturated rings. The van der Waals surface area contributed by atoms with Gasteiger partial charge in [0.15, 0.2) is 0 Å². The van der Waals surface area contributed by atoms with E-state index in [2.05, 4.69) is 44.5 Å². The molecular formula is C14H16BrN3O. The zero-order valence-electron chi connectivity index (χ0n) is 11.0. The van der Waals surface area contributed by atoms with Gasteiger partial charge in [0.2, 0.25) is 5.91 Å². The van der Waals surface area contributed by atoms with E-state index in [1.807, 2.05) is 12.1 Å². The summed E-state index contributed by atoms with van der Waals surface area (Å²) >= 11 is 3.56. The van der Waals surface area contributed by atoms with Crippen molar-refractivity contribution < 1.29 is 4.79 Å². The number of anilines is 1. The predicted octanol–water partition coefficient (Wildman–Crippen LogP) is 2.85. The lowest BCUT2D eigenvalue weighted by molar-refractivity contribution is -0.118. The maximum Gasteiger partial charge on any atom is 0.216 e. The number of hydrogen-bond acceptors (Lipinski definition) is 3. The van der Waals surface area contributed by atoms with Crippen LogP contribution in [0.4, 0.5) is 5.82 Å². The molecule has 5 heteroatoms. The molecule has 1 amide bonds. The average molecular weight is 322 g/mol. The van der Waals surface area contributed by atoms with Crippen LogP contribution >= 0.6 is 15.9 Å². The minimum atomic E-state index is -0.0234. The average Bonchev–Trinajstić information content (AvgIpc) is 2.39. The number of nitrogens with one attached hydrogen (secondary N) is 2. The number of carbonyl (C=O) groups is 1. The van der Waals surface area contributed by atoms with Crippen LogP contribution in [0.5, 0.6) is 0 Å². The van der Waals surface area contributed by atoms with Gasteiger partial charge in [-0.25, -0.2) is 4.98 Å². The maximum absolute atomic E-state index is 10.8. The molecule has 19 heavy (non-hydrogen) atoms. The molecule has 1 heterocycles. The number of nitrogens with zero attached hydrogens (tertiary/aromatic N) is 1. The van der Waals surface area contributed by atoms with Gasteiger partial charge in [0, 0.05) is 36.1 Å². The quantitative estimate of drug-likeness (QED) is 0.851. The van der Waals surface area contributed by atoms with E-state index in [4.69, 9.17) is 0 Å². The molecule has 0 saturated heterocycles. The van der Waals surface area contributed by atoms with Gasteiger partial charge in [-0.15, -0.1) is 0 Å². The third-order valence-electron chi connectivity index (χ3n) is 2.89. The van der Waals surface area contributed by atoms with Crippen LogP contribution in [0.3, 0.4) is 0 Å². The van der Waals surface area contributed by atoms with Gasteiger partial charge in [-0.2, -0.15) is 0 Å². The van der Waals surface area contributed by atoms with Crippen molar-refractivity contribution in [3.63, 3.8) is 0 Å². The van der Waals surface area contributed by atoms with Gasteiger partial charge in [0.1, 0.15) is 5.82 Å². The highest BCUT2D eigenvalue weighted by Gasteiger charge is 2.07. The van der Waals surface area contributed by atoms with Crippen LogP contribution in [0.25, 0.3) is 10.8 Å². The summed E-state index contributed by atoms with van der Waals surface area (Å²) in [6.07, 6.45) is 1.79. The van der Waals surface area contributed by atoms with Crippen LogP contribution in [-0.4, -0.2) is 24.0 Å². The summed E-state index contributed by atoms with van der Waals surface area (Å²) in [5.41, 5.74) is 1.21. The number of rotatable bonds is 4. The van der Waals surface area contributed by atoms with E-state index in [1.54, 1.807) is 6.20 Å². The normalized spacial score (nSPS) is 10.5. The molecule has 0 bridgehead atoms. The molecule has 0 atom stereocenters. The van der Waals surface area contributed by atoms with Crippen LogP contribution in [0.1, 0.15) is 12.5 Å². The first kappa shape index (κ1) is 13.8. The van der Waals surface area contributed by atoms with Gasteiger partial charge < -0.3 is 10.6 Å². The van der Waals surface area contributed by atoms with E-state index >= 15 is 0 Å². The monoisotopic (exact) mass is 321 g/mol. The van der Waals surface area contributed by atoms with E-state index < -0.39 is 0 Å². The number of halogens is 1. The van der Waals surface area contributed by atoms with E-state index in [1.165, 1.54) is 17.9 Å². The van der Waals surface area contributed by atoms with Crippen molar-refractivity contribution in [2.75, 3.05) is 18.4 Å². The van der Waals surface area contributed by atoms with Crippen molar-refractivity contribution in [2.45, 2.75) is 13.8 Å². The van der Waals surface area contributed by atoms with Crippen molar-refractivity contribution in [1.82, 2.24) is 10.3 Å². The Labute approximate surface area is 120 Å². The number of aryl methyl sites for hydroxylation is 1. The second-order valence-electron chi connectivity index (χ2n) is 4.36. The topological polar surface area (TPSA) is 54.0 Å². The smallest absolute Gasteiger partial charge is 0.216 e. The second kappa shape index (κ2) is 6.02. The lowest BCUT2D eigenvalue weighted by Crippen LogP contribution is -2.26. The van der Waals surface area contributed by atoms with Crippen LogP contribution in [0.15, 0.2) is 28.9 Å². The lowest BCUT2D eigenvalue weighted by atomic mass is 10.1. The summed E-state index contributed by atoms with van der Waals surface area (Å²) in [5.74, 6) is 0.808. The Morgan fingerprint density at radius 1 is 1.32 bits per heavy atom. The van der Waals surface area contributed by atoms with Gasteiger partial charge in [0.25, 0.3) is 0 Å². The van der Waals surface area contributed by atoms with E-state index in [0.717, 1.165) is 15.7 Å². The molecule has 1 aromatic heterocycles. The number of carbonyl (C=O) groups excluding carboxylic acids is 1. The Balaban J connectivity index is 2.23. The molecule has 4 nitrogen and oxygen atoms in total. The van der Waals surface area contributed by atoms with Gasteiger partial charge in [-0.05, 0) is 30.0 Å². The Kier molecular flexibility index (Phi) is 4.37. The van der Waals surface area contributed by atoms with Crippen molar-refractivity contribution in [2.24, 2.45) is 0 Å². The van der Waals surface area contributed by atoms with Gasteiger partial charge in [0.05, 0.1) is 0 Å². The van der Waals surface area contributed by atoms with Crippen LogP contribution < -0.4 is 10.6 Å². The third-order valence-corrected chi connectivity index (χ3v) is 3.55. The molecule has 0 aliphatic heterocycles. The summed E-state index contributed by atoms with van der Waals surface area (Å²) in [6, 6.07) is 6.11. The third kappa shape index (κ3) is 3.23. The van der Waals surface area contributed by atoms with Crippen LogP contribution in [0, 0.1) is 6.92 Å². The number of hydrogen-bond donors (Lipinski definition) is 2. The molecule has 2 aromatic rings. The molecule has 100 valence electrons. The van der Waals surface area contributed by atoms with Crippen LogP contribution in [0.2, 0.25) is 0 Å². The van der Waals surface area contributed by atoms with Gasteiger partial charge >= 0.3 is 0 Å². The maximum atomic E-state index is 10.8. The van der Waals surface area contributed by atoms with Gasteiger partial charge in [-0.3, -0.25) is 4.79 Å². The molecule has 2 rings (SSSR count). The Morgan fingerprint density at radius 3 is 2.84 bits per heavy atom. The van der Waals surface area contributed by atoms with Gasteiger partial charge in [-0.1, -0.05) is 22.0 Å². The molecule has 2 N–H and O–H groups in total. The first-order valence-corrected chi connectivity index (χ1v) is 6.91. The molecule has 0 saturated carbocycles. The fourth-order valence-electron chi connectivity index (χ4n) is 1.96. The molecule has 0 unspecified atom stereocenters. The fourth-order valence-corrected chi connectivity index (χ4v) is 2.49. The molecule has 0 radical (unpaired) electrons. The number of pyridine rings is 1. The van der Waals surface area contributed by atoms with Crippen molar-refractivity contribution in [1.29, 1.82) is 0 Å². The van der Waals surface area contributed by atoms with Crippen molar-refractivity contribution in [3.8, 4) is 0 Å². The van der Waals surface area contributed by atoms with Crippen molar-refractivity contribution >= 4 is 38.4 Å². The summed E-state index contributed by atoms with van der Waals surface area (Å²) in [6.45, 7) is 4.81. The summed E-state index contributed by atoms with van der Waals surface area (Å²) in [4.78, 5) is 15.2. The number of fused-ring (bicyclic) bond motifs is 1. The Bertz CT molecular complexity index is 613. The van der Waals surface area contributed by atoms with E-state index in [-0.39, 0.29) is 5.91 Å². The largest absolute Gasteiger partial charge is 0.368 e. The minimum Gasteiger partial charge on any atom is -0.368 e. The molecule has 0 aliphatic carbocycles. The Hall–Kier alpha value is -1.62. The van der Waals surface area contributed by atoms with Crippen LogP contribution in [-0.2, 0) is 4.79 Å². The minimum absolute atomic E-state index is 0.0234. The number of amides is 1. The molecular weight excluding hydrogens is 306 g/mol. The number of benzene rings is 1. The number of aromatic nitrogens is 1. The predicted molar refractivity (Wildman–Crippen MR) is 81.4 cm³/mol. The van der Waals surface area contributed by atoms with E-state index in [0.29, 0.717) is 13.1 Å². The SMILES string of the molecule is CC(=O)NCCNc1nccc2c(C)ccc(Br)c12. The highest BCUT2D eigenvalue weighted by Crippen LogP contribution is 2.31. The first-order valence-electron chi connectivity index (χ1n) is 6.11. The molecule has 1 aromatic carbocycles. The van der Waals surface area contributed by atoms with Crippen molar-refractivity contribution in [3.05, 3.63) is 34.4 Å². The van der Waals surface area contributed by atoms with E-state index in [9.17, 15) is 4.79 Å². The highest BCUT2D eigenvalue weighted by atomic mass is 79.9. The standard InChI is InChI=1S/C14H16BrN3O/c1-9-3-4-12(15)13-11(9)5-6-17-14(13)18-8-7-16-10(2)19/h3-6H,7-8H2,1-2H3,(H,16,19)(H,17,18). The highest BCUT2D eigenvalue weighted by molar-refractivity contribution is 9.10.